The molecule has 5 nitrogen and oxygen atoms in total. The van der Waals surface area contributed by atoms with Crippen molar-refractivity contribution in [1.29, 1.82) is 0 Å². The first kappa shape index (κ1) is 18.5. The van der Waals surface area contributed by atoms with Crippen molar-refractivity contribution >= 4 is 17.6 Å². The van der Waals surface area contributed by atoms with Gasteiger partial charge in [0.05, 0.1) is 12.7 Å². The molecule has 5 heteroatoms. The molecule has 0 fully saturated rings. The van der Waals surface area contributed by atoms with Gasteiger partial charge in [0, 0.05) is 5.69 Å². The van der Waals surface area contributed by atoms with Crippen LogP contribution in [-0.4, -0.2) is 25.1 Å². The van der Waals surface area contributed by atoms with Crippen LogP contribution in [-0.2, 0) is 16.0 Å². The number of hydrogen-bond donors (Lipinski definition) is 1. The number of carbonyl (C=O) groups is 2. The van der Waals surface area contributed by atoms with Gasteiger partial charge in [0.15, 0.2) is 6.10 Å². The summed E-state index contributed by atoms with van der Waals surface area (Å²) < 4.78 is 10.6. The molecule has 2 aromatic rings. The average Bonchev–Trinajstić information content (AvgIpc) is 2.63. The number of para-hydroxylation sites is 1. The number of ether oxygens (including phenoxy) is 2. The first-order chi connectivity index (χ1) is 12.0. The van der Waals surface area contributed by atoms with Crippen LogP contribution in [0.3, 0.4) is 0 Å². The Morgan fingerprint density at radius 1 is 1.12 bits per heavy atom. The molecule has 132 valence electrons. The topological polar surface area (TPSA) is 64.6 Å². The van der Waals surface area contributed by atoms with E-state index in [1.165, 1.54) is 7.11 Å². The minimum atomic E-state index is -0.672. The third kappa shape index (κ3) is 4.38. The minimum Gasteiger partial charge on any atom is -0.481 e. The van der Waals surface area contributed by atoms with Crippen molar-refractivity contribution < 1.29 is 19.1 Å². The van der Waals surface area contributed by atoms with Gasteiger partial charge in [-0.25, -0.2) is 4.79 Å². The Bertz CT molecular complexity index is 770. The second-order valence-electron chi connectivity index (χ2n) is 5.68. The Hall–Kier alpha value is -2.82. The van der Waals surface area contributed by atoms with Crippen LogP contribution in [0.2, 0.25) is 0 Å². The van der Waals surface area contributed by atoms with Crippen LogP contribution in [0.25, 0.3) is 0 Å². The van der Waals surface area contributed by atoms with E-state index in [-0.39, 0.29) is 5.91 Å². The molecule has 1 amide bonds. The van der Waals surface area contributed by atoms with E-state index in [1.54, 1.807) is 32.0 Å². The molecule has 2 rings (SSSR count). The lowest BCUT2D eigenvalue weighted by atomic mass is 10.1. The number of hydrogen-bond acceptors (Lipinski definition) is 4. The van der Waals surface area contributed by atoms with E-state index in [1.807, 2.05) is 31.2 Å². The molecule has 0 heterocycles. The zero-order chi connectivity index (χ0) is 18.4. The number of carbonyl (C=O) groups excluding carboxylic acids is 2. The number of anilines is 1. The van der Waals surface area contributed by atoms with Crippen molar-refractivity contribution in [2.45, 2.75) is 33.3 Å². The predicted octanol–water partition coefficient (Wildman–Crippen LogP) is 3.75. The summed E-state index contributed by atoms with van der Waals surface area (Å²) in [6.45, 7) is 5.50. The maximum atomic E-state index is 12.5. The normalized spacial score (nSPS) is 11.5. The van der Waals surface area contributed by atoms with Crippen LogP contribution in [0, 0.1) is 6.92 Å². The molecule has 2 aromatic carbocycles. The third-order valence-electron chi connectivity index (χ3n) is 4.02. The van der Waals surface area contributed by atoms with Gasteiger partial charge >= 0.3 is 5.97 Å². The number of nitrogens with one attached hydrogen (secondary N) is 1. The number of benzene rings is 2. The van der Waals surface area contributed by atoms with Gasteiger partial charge in [-0.3, -0.25) is 4.79 Å². The van der Waals surface area contributed by atoms with Gasteiger partial charge in [0.2, 0.25) is 0 Å². The van der Waals surface area contributed by atoms with Crippen LogP contribution in [0.15, 0.2) is 42.5 Å². The molecular formula is C20H23NO4. The molecule has 1 atom stereocenters. The van der Waals surface area contributed by atoms with Crippen LogP contribution >= 0.6 is 0 Å². The molecule has 0 unspecified atom stereocenters. The standard InChI is InChI=1S/C20H23NO4/c1-5-15-9-6-7-12-18(15)25-14(3)19(22)21-17-11-8-10-16(13(17)2)20(23)24-4/h6-12,14H,5H2,1-4H3,(H,21,22)/t14-/m1/s1. The number of amides is 1. The molecule has 0 aromatic heterocycles. The summed E-state index contributed by atoms with van der Waals surface area (Å²) in [6.07, 6.45) is 0.152. The monoisotopic (exact) mass is 341 g/mol. The van der Waals surface area contributed by atoms with Gasteiger partial charge in [0.25, 0.3) is 5.91 Å². The molecule has 0 radical (unpaired) electrons. The zero-order valence-electron chi connectivity index (χ0n) is 15.0. The van der Waals surface area contributed by atoms with Crippen LogP contribution in [0.5, 0.6) is 5.75 Å². The highest BCUT2D eigenvalue weighted by Crippen LogP contribution is 2.22. The lowest BCUT2D eigenvalue weighted by Gasteiger charge is -2.18. The third-order valence-corrected chi connectivity index (χ3v) is 4.02. The van der Waals surface area contributed by atoms with Gasteiger partial charge in [-0.05, 0) is 49.6 Å². The molecule has 0 saturated heterocycles. The van der Waals surface area contributed by atoms with Crippen molar-refractivity contribution in [3.8, 4) is 5.75 Å². The van der Waals surface area contributed by atoms with Gasteiger partial charge in [-0.15, -0.1) is 0 Å². The number of aryl methyl sites for hydroxylation is 1. The fourth-order valence-electron chi connectivity index (χ4n) is 2.49. The van der Waals surface area contributed by atoms with Crippen LogP contribution in [0.1, 0.15) is 35.3 Å². The molecule has 0 spiro atoms. The Morgan fingerprint density at radius 2 is 1.84 bits per heavy atom. The van der Waals surface area contributed by atoms with Crippen molar-refractivity contribution in [2.24, 2.45) is 0 Å². The van der Waals surface area contributed by atoms with Crippen molar-refractivity contribution in [3.05, 3.63) is 59.2 Å². The highest BCUT2D eigenvalue weighted by molar-refractivity contribution is 5.98. The van der Waals surface area contributed by atoms with E-state index < -0.39 is 12.1 Å². The Balaban J connectivity index is 2.13. The van der Waals surface area contributed by atoms with Crippen molar-refractivity contribution in [1.82, 2.24) is 0 Å². The van der Waals surface area contributed by atoms with Gasteiger partial charge < -0.3 is 14.8 Å². The Labute approximate surface area is 148 Å². The minimum absolute atomic E-state index is 0.281. The lowest BCUT2D eigenvalue weighted by Crippen LogP contribution is -2.30. The maximum absolute atomic E-state index is 12.5. The van der Waals surface area contributed by atoms with Gasteiger partial charge in [-0.1, -0.05) is 31.2 Å². The van der Waals surface area contributed by atoms with Crippen molar-refractivity contribution in [3.63, 3.8) is 0 Å². The SMILES string of the molecule is CCc1ccccc1O[C@H](C)C(=O)Nc1cccc(C(=O)OC)c1C. The quantitative estimate of drug-likeness (QED) is 0.813. The van der Waals surface area contributed by atoms with Crippen LogP contribution < -0.4 is 10.1 Å². The maximum Gasteiger partial charge on any atom is 0.338 e. The number of methoxy groups -OCH3 is 1. The van der Waals surface area contributed by atoms with E-state index in [0.29, 0.717) is 22.6 Å². The zero-order valence-corrected chi connectivity index (χ0v) is 15.0. The summed E-state index contributed by atoms with van der Waals surface area (Å²) in [6, 6.07) is 12.8. The summed E-state index contributed by atoms with van der Waals surface area (Å²) in [5, 5.41) is 2.82. The van der Waals surface area contributed by atoms with E-state index in [0.717, 1.165) is 12.0 Å². The molecule has 0 bridgehead atoms. The summed E-state index contributed by atoms with van der Waals surface area (Å²) >= 11 is 0. The van der Waals surface area contributed by atoms with E-state index in [4.69, 9.17) is 9.47 Å². The van der Waals surface area contributed by atoms with E-state index >= 15 is 0 Å². The van der Waals surface area contributed by atoms with E-state index in [9.17, 15) is 9.59 Å². The summed E-state index contributed by atoms with van der Waals surface area (Å²) in [7, 11) is 1.33. The molecule has 0 aliphatic rings. The summed E-state index contributed by atoms with van der Waals surface area (Å²) in [5.74, 6) is -0.0153. The number of rotatable bonds is 6. The van der Waals surface area contributed by atoms with Gasteiger partial charge in [-0.2, -0.15) is 0 Å². The smallest absolute Gasteiger partial charge is 0.338 e. The predicted molar refractivity (Wildman–Crippen MR) is 97.1 cm³/mol. The van der Waals surface area contributed by atoms with Crippen LogP contribution in [0.4, 0.5) is 5.69 Å². The fraction of sp³-hybridized carbons (Fsp3) is 0.300. The fourth-order valence-corrected chi connectivity index (χ4v) is 2.49. The highest BCUT2D eigenvalue weighted by Gasteiger charge is 2.19. The average molecular weight is 341 g/mol. The molecule has 25 heavy (non-hydrogen) atoms. The first-order valence-corrected chi connectivity index (χ1v) is 8.21. The molecule has 0 saturated carbocycles. The molecule has 1 N–H and O–H groups in total. The molecule has 0 aliphatic carbocycles. The summed E-state index contributed by atoms with van der Waals surface area (Å²) in [5.41, 5.74) is 2.69. The largest absolute Gasteiger partial charge is 0.481 e. The Kier molecular flexibility index (Phi) is 6.17. The number of esters is 1. The molecular weight excluding hydrogens is 318 g/mol. The summed E-state index contributed by atoms with van der Waals surface area (Å²) in [4.78, 5) is 24.2. The lowest BCUT2D eigenvalue weighted by molar-refractivity contribution is -0.122. The second kappa shape index (κ2) is 8.33. The second-order valence-corrected chi connectivity index (χ2v) is 5.68. The first-order valence-electron chi connectivity index (χ1n) is 8.21. The van der Waals surface area contributed by atoms with Gasteiger partial charge in [0.1, 0.15) is 5.75 Å². The van der Waals surface area contributed by atoms with Crippen molar-refractivity contribution in [2.75, 3.05) is 12.4 Å². The highest BCUT2D eigenvalue weighted by atomic mass is 16.5. The van der Waals surface area contributed by atoms with E-state index in [2.05, 4.69) is 5.32 Å². The molecule has 0 aliphatic heterocycles. The Morgan fingerprint density at radius 3 is 2.52 bits per heavy atom.